The number of aliphatic hydroxyl groups excluding tert-OH is 2. The van der Waals surface area contributed by atoms with Gasteiger partial charge < -0.3 is 54.6 Å². The average Bonchev–Trinajstić information content (AvgIpc) is 3.80. The Morgan fingerprint density at radius 1 is 1.00 bits per heavy atom. The van der Waals surface area contributed by atoms with E-state index in [0.717, 1.165) is 0 Å². The minimum absolute atomic E-state index is 0.0443. The number of aryl methyl sites for hydroxylation is 2. The van der Waals surface area contributed by atoms with E-state index in [1.54, 1.807) is 20.9 Å². The number of phosphoric acid groups is 2. The van der Waals surface area contributed by atoms with Crippen molar-refractivity contribution in [3.8, 4) is 0 Å². The zero-order valence-corrected chi connectivity index (χ0v) is 33.4. The summed E-state index contributed by atoms with van der Waals surface area (Å²) in [6, 6.07) is 0. The summed E-state index contributed by atoms with van der Waals surface area (Å²) in [5.41, 5.74) is 4.81. The molecule has 6 rings (SSSR count). The minimum atomic E-state index is -5.44. The number of imidazole rings is 2. The molecule has 11 atom stereocenters. The molecular weight excluding hydrogens is 835 g/mol. The summed E-state index contributed by atoms with van der Waals surface area (Å²) in [5, 5.41) is 22.1. The molecule has 0 saturated carbocycles. The Morgan fingerprint density at radius 3 is 2.27 bits per heavy atom. The number of H-pyrrole nitrogens is 2. The third-order valence-corrected chi connectivity index (χ3v) is 13.9. The highest BCUT2D eigenvalue weighted by Gasteiger charge is 2.51. The van der Waals surface area contributed by atoms with E-state index < -0.39 is 102 Å². The van der Waals surface area contributed by atoms with Crippen LogP contribution < -0.4 is 21.4 Å². The van der Waals surface area contributed by atoms with Gasteiger partial charge >= 0.3 is 28.0 Å². The molecule has 0 spiro atoms. The minimum Gasteiger partial charge on any atom is -0.387 e. The summed E-state index contributed by atoms with van der Waals surface area (Å²) in [6.07, 6.45) is -8.27. The summed E-state index contributed by atoms with van der Waals surface area (Å²) < 4.78 is 71.7. The second-order valence-electron chi connectivity index (χ2n) is 12.9. The van der Waals surface area contributed by atoms with Gasteiger partial charge in [0.1, 0.15) is 42.4 Å². The Hall–Kier alpha value is -2.91. The van der Waals surface area contributed by atoms with Crippen molar-refractivity contribution in [1.82, 2.24) is 34.1 Å². The monoisotopic (exact) mass is 874 g/mol. The molecule has 56 heavy (non-hydrogen) atoms. The zero-order chi connectivity index (χ0) is 41.1. The molecule has 310 valence electrons. The van der Waals surface area contributed by atoms with Crippen LogP contribution in [0, 0.1) is 6.92 Å². The van der Waals surface area contributed by atoms with Crippen LogP contribution in [0.1, 0.15) is 32.1 Å². The third kappa shape index (κ3) is 8.89. The summed E-state index contributed by atoms with van der Waals surface area (Å²) in [5.74, 6) is 0.0473. The highest BCUT2D eigenvalue weighted by atomic mass is 32.5. The Labute approximate surface area is 319 Å². The van der Waals surface area contributed by atoms with E-state index in [0.29, 0.717) is 0 Å². The maximum atomic E-state index is 12.9. The van der Waals surface area contributed by atoms with Crippen molar-refractivity contribution in [3.05, 3.63) is 39.2 Å². The van der Waals surface area contributed by atoms with E-state index in [1.807, 2.05) is 0 Å². The number of nitrogens with zero attached hydrogens (tertiary/aromatic N) is 6. The van der Waals surface area contributed by atoms with E-state index in [2.05, 4.69) is 33.5 Å². The number of hydrogen-bond acceptors (Lipinski definition) is 19. The first-order valence-corrected chi connectivity index (χ1v) is 21.9. The molecule has 5 unspecified atom stereocenters. The smallest absolute Gasteiger partial charge is 0.387 e. The summed E-state index contributed by atoms with van der Waals surface area (Å²) in [4.78, 5) is 73.4. The molecule has 4 aromatic heterocycles. The van der Waals surface area contributed by atoms with Gasteiger partial charge in [-0.25, -0.2) is 32.3 Å². The number of aromatic amines is 2. The number of nitrogen functional groups attached to an aromatic ring is 1. The number of phosphoric ester groups is 2. The molecule has 2 fully saturated rings. The van der Waals surface area contributed by atoms with Gasteiger partial charge in [-0.3, -0.25) is 32.8 Å². The second-order valence-corrected chi connectivity index (χ2v) is 18.9. The van der Waals surface area contributed by atoms with Gasteiger partial charge in [-0.05, 0) is 32.6 Å². The van der Waals surface area contributed by atoms with Crippen LogP contribution in [0.2, 0.25) is 0 Å². The van der Waals surface area contributed by atoms with Gasteiger partial charge in [-0.1, -0.05) is 4.98 Å². The van der Waals surface area contributed by atoms with E-state index >= 15 is 0 Å². The molecule has 0 bridgehead atoms. The van der Waals surface area contributed by atoms with Crippen LogP contribution in [0.15, 0.2) is 22.2 Å². The maximum Gasteiger partial charge on any atom is 0.479 e. The number of nitrogens with two attached hydrogens (primary N) is 1. The van der Waals surface area contributed by atoms with Crippen LogP contribution >= 0.6 is 22.4 Å². The number of nitrogens with one attached hydrogen (secondary N) is 2. The van der Waals surface area contributed by atoms with Crippen molar-refractivity contribution in [2.24, 2.45) is 7.05 Å². The van der Waals surface area contributed by atoms with Gasteiger partial charge in [0.25, 0.3) is 17.1 Å². The van der Waals surface area contributed by atoms with Crippen LogP contribution in [0.3, 0.4) is 0 Å². The lowest BCUT2D eigenvalue weighted by Gasteiger charge is -2.24. The fourth-order valence-corrected chi connectivity index (χ4v) is 11.3. The van der Waals surface area contributed by atoms with Crippen LogP contribution in [-0.4, -0.2) is 122 Å². The Balaban J connectivity index is 1.09. The Bertz CT molecular complexity index is 2370. The lowest BCUT2D eigenvalue weighted by Crippen LogP contribution is -2.47. The molecular formula is C26H39N9O17P3S+. The van der Waals surface area contributed by atoms with Gasteiger partial charge in [0.2, 0.25) is 11.7 Å². The quantitative estimate of drug-likeness (QED) is 0.0491. The highest BCUT2D eigenvalue weighted by molar-refractivity contribution is 8.09. The number of rotatable bonds is 15. The van der Waals surface area contributed by atoms with Crippen molar-refractivity contribution >= 4 is 62.4 Å². The molecule has 4 aromatic rings. The topological polar surface area (TPSA) is 353 Å². The lowest BCUT2D eigenvalue weighted by atomic mass is 10.1. The predicted octanol–water partition coefficient (Wildman–Crippen LogP) is -1.62. The predicted molar refractivity (Wildman–Crippen MR) is 190 cm³/mol. The summed E-state index contributed by atoms with van der Waals surface area (Å²) >= 11 is 4.69. The fourth-order valence-electron chi connectivity index (χ4n) is 6.24. The largest absolute Gasteiger partial charge is 0.479 e. The summed E-state index contributed by atoms with van der Waals surface area (Å²) in [6.45, 7) is -2.00. The Kier molecular flexibility index (Phi) is 12.2. The fraction of sp³-hybridized carbons (Fsp3) is 0.615. The average molecular weight is 875 g/mol. The SMILES string of the molecule is COC1[C@@H](O)[C@@H](COP(=O)(O)OP(O)(=S)OP(=O)(O)OC[C@H]2O[C@@H](n3cnc4c(=O)[nH]c(C)nc43)[C@@H](O)C2OC(C)C)O[C@H]1[n+]1cn(C)c2c(=O)[nH]c(N)nc21. The van der Waals surface area contributed by atoms with Gasteiger partial charge in [0.15, 0.2) is 23.7 Å². The second kappa shape index (κ2) is 16.0. The lowest BCUT2D eigenvalue weighted by molar-refractivity contribution is -0.746. The molecule has 2 saturated heterocycles. The van der Waals surface area contributed by atoms with E-state index in [4.69, 9.17) is 45.5 Å². The molecule has 30 heteroatoms. The van der Waals surface area contributed by atoms with Crippen molar-refractivity contribution in [3.63, 3.8) is 0 Å². The molecule has 0 aromatic carbocycles. The van der Waals surface area contributed by atoms with Crippen LogP contribution in [-0.2, 0) is 64.6 Å². The Morgan fingerprint density at radius 2 is 1.64 bits per heavy atom. The first-order valence-electron chi connectivity index (χ1n) is 16.3. The summed E-state index contributed by atoms with van der Waals surface area (Å²) in [7, 11) is -8.07. The van der Waals surface area contributed by atoms with Gasteiger partial charge in [0.05, 0.1) is 32.7 Å². The number of aliphatic hydroxyl groups is 2. The van der Waals surface area contributed by atoms with Crippen LogP contribution in [0.25, 0.3) is 22.3 Å². The number of methoxy groups -OCH3 is 1. The molecule has 0 aliphatic carbocycles. The molecule has 26 nitrogen and oxygen atoms in total. The number of ether oxygens (including phenoxy) is 4. The van der Waals surface area contributed by atoms with Gasteiger partial charge in [-0.15, -0.1) is 0 Å². The number of fused-ring (bicyclic) bond motifs is 2. The number of anilines is 1. The van der Waals surface area contributed by atoms with E-state index in [9.17, 15) is 43.6 Å². The molecule has 2 aliphatic heterocycles. The van der Waals surface area contributed by atoms with Gasteiger partial charge in [0, 0.05) is 7.11 Å². The molecule has 2 aliphatic rings. The standard InChI is InChI=1S/C26H38N9O17P3S/c1-10(2)48-18-13(50-24(17(18)37)34-8-28-14-20(34)29-11(3)30-22(14)38)7-47-54(42,43)52-55(44,56)51-53(40,41)46-6-12-16(36)19(45-5)25(49-12)35-9-33(4)15-21(35)31-26(27)32-23(15)39/h8-10,12-13,16-19,24-25,36-37H,6-7H2,1-5H3,(H6-,27,29,30,31,32,38,39,40,41,42,43,44,56)/p+1/t12-,13-,16+,17+,18?,19?,24-,25-,55?/m1/s1. The molecule has 6 heterocycles. The molecule has 9 N–H and O–H groups in total. The normalized spacial score (nSPS) is 28.9. The number of hydrogen-bond donors (Lipinski definition) is 8. The van der Waals surface area contributed by atoms with Crippen LogP contribution in [0.4, 0.5) is 5.95 Å². The maximum absolute atomic E-state index is 12.9. The van der Waals surface area contributed by atoms with Crippen molar-refractivity contribution in [2.45, 2.75) is 76.0 Å². The van der Waals surface area contributed by atoms with Crippen molar-refractivity contribution in [1.29, 1.82) is 0 Å². The van der Waals surface area contributed by atoms with E-state index in [1.165, 1.54) is 40.4 Å². The highest BCUT2D eigenvalue weighted by Crippen LogP contribution is 2.68. The van der Waals surface area contributed by atoms with Crippen molar-refractivity contribution in [2.75, 3.05) is 26.1 Å². The number of aromatic nitrogens is 8. The third-order valence-electron chi connectivity index (χ3n) is 8.43. The van der Waals surface area contributed by atoms with E-state index in [-0.39, 0.29) is 34.1 Å². The van der Waals surface area contributed by atoms with Gasteiger partial charge in [-0.2, -0.15) is 0 Å². The van der Waals surface area contributed by atoms with Crippen LogP contribution in [0.5, 0.6) is 0 Å². The van der Waals surface area contributed by atoms with Crippen molar-refractivity contribution < 1.29 is 75.2 Å². The first-order chi connectivity index (χ1) is 26.1. The zero-order valence-electron chi connectivity index (χ0n) is 29.9. The molecule has 0 radical (unpaired) electrons. The molecule has 0 amide bonds. The first kappa shape index (κ1) is 42.7.